The number of piperidine rings is 1. The van der Waals surface area contributed by atoms with Crippen LogP contribution in [0.2, 0.25) is 10.0 Å². The van der Waals surface area contributed by atoms with Crippen LogP contribution >= 0.6 is 23.2 Å². The summed E-state index contributed by atoms with van der Waals surface area (Å²) >= 11 is 12.1. The highest BCUT2D eigenvalue weighted by molar-refractivity contribution is 6.35. The molecule has 2 aromatic carbocycles. The van der Waals surface area contributed by atoms with Gasteiger partial charge in [-0.2, -0.15) is 0 Å². The van der Waals surface area contributed by atoms with Crippen molar-refractivity contribution in [2.45, 2.75) is 25.8 Å². The zero-order valence-electron chi connectivity index (χ0n) is 14.2. The zero-order valence-corrected chi connectivity index (χ0v) is 15.7. The number of carbonyl (C=O) groups is 1. The molecule has 1 amide bonds. The molecule has 1 N–H and O–H groups in total. The summed E-state index contributed by atoms with van der Waals surface area (Å²) < 4.78 is 0. The molecule has 0 spiro atoms. The summed E-state index contributed by atoms with van der Waals surface area (Å²) in [7, 11) is 0. The summed E-state index contributed by atoms with van der Waals surface area (Å²) in [5.74, 6) is 0.534. The average molecular weight is 377 g/mol. The largest absolute Gasteiger partial charge is 0.324 e. The van der Waals surface area contributed by atoms with E-state index in [9.17, 15) is 4.79 Å². The number of rotatable bonds is 4. The van der Waals surface area contributed by atoms with E-state index in [4.69, 9.17) is 23.2 Å². The van der Waals surface area contributed by atoms with E-state index in [0.717, 1.165) is 25.1 Å². The van der Waals surface area contributed by atoms with Crippen LogP contribution in [0.3, 0.4) is 0 Å². The van der Waals surface area contributed by atoms with E-state index in [0.29, 0.717) is 21.7 Å². The van der Waals surface area contributed by atoms with Crippen LogP contribution in [0.25, 0.3) is 0 Å². The Morgan fingerprint density at radius 1 is 1.16 bits per heavy atom. The maximum absolute atomic E-state index is 13.1. The summed E-state index contributed by atoms with van der Waals surface area (Å²) in [6.07, 6.45) is 2.32. The van der Waals surface area contributed by atoms with Gasteiger partial charge in [0, 0.05) is 22.3 Å². The standard InChI is InChI=1S/C20H22Cl2N2O/c1-14-6-5-9-24(13-14)19(15-7-3-2-4-8-15)20(25)23-18-11-16(21)10-17(22)12-18/h2-4,7-8,10-12,14,19H,5-6,9,13H2,1H3,(H,23,25)/t14-,19+/m1/s1. The van der Waals surface area contributed by atoms with Gasteiger partial charge in [0.15, 0.2) is 0 Å². The summed E-state index contributed by atoms with van der Waals surface area (Å²) in [6.45, 7) is 4.08. The lowest BCUT2D eigenvalue weighted by Gasteiger charge is -2.36. The molecule has 1 aliphatic rings. The minimum atomic E-state index is -0.318. The Labute approximate surface area is 158 Å². The van der Waals surface area contributed by atoms with Crippen molar-refractivity contribution in [2.75, 3.05) is 18.4 Å². The van der Waals surface area contributed by atoms with Crippen molar-refractivity contribution in [1.29, 1.82) is 0 Å². The van der Waals surface area contributed by atoms with E-state index in [1.165, 1.54) is 6.42 Å². The molecule has 1 fully saturated rings. The van der Waals surface area contributed by atoms with Gasteiger partial charge in [-0.05, 0) is 49.1 Å². The van der Waals surface area contributed by atoms with E-state index in [1.54, 1.807) is 18.2 Å². The van der Waals surface area contributed by atoms with Gasteiger partial charge in [0.25, 0.3) is 0 Å². The number of nitrogens with zero attached hydrogens (tertiary/aromatic N) is 1. The highest BCUT2D eigenvalue weighted by atomic mass is 35.5. The van der Waals surface area contributed by atoms with Gasteiger partial charge in [0.2, 0.25) is 5.91 Å². The Morgan fingerprint density at radius 3 is 2.48 bits per heavy atom. The Kier molecular flexibility index (Phi) is 6.00. The molecule has 25 heavy (non-hydrogen) atoms. The lowest BCUT2D eigenvalue weighted by atomic mass is 9.95. The fraction of sp³-hybridized carbons (Fsp3) is 0.350. The quantitative estimate of drug-likeness (QED) is 0.773. The van der Waals surface area contributed by atoms with Crippen molar-refractivity contribution in [1.82, 2.24) is 4.90 Å². The van der Waals surface area contributed by atoms with Crippen molar-refractivity contribution >= 4 is 34.8 Å². The second kappa shape index (κ2) is 8.22. The Balaban J connectivity index is 1.86. The van der Waals surface area contributed by atoms with E-state index >= 15 is 0 Å². The predicted molar refractivity (Wildman–Crippen MR) is 104 cm³/mol. The molecule has 0 radical (unpaired) electrons. The maximum Gasteiger partial charge on any atom is 0.246 e. The molecule has 1 saturated heterocycles. The van der Waals surface area contributed by atoms with Gasteiger partial charge < -0.3 is 5.32 Å². The maximum atomic E-state index is 13.1. The molecule has 132 valence electrons. The molecule has 3 rings (SSSR count). The van der Waals surface area contributed by atoms with Gasteiger partial charge in [0.1, 0.15) is 6.04 Å². The van der Waals surface area contributed by atoms with E-state index in [-0.39, 0.29) is 11.9 Å². The third-order valence-electron chi connectivity index (χ3n) is 4.55. The van der Waals surface area contributed by atoms with Gasteiger partial charge in [0.05, 0.1) is 0 Å². The van der Waals surface area contributed by atoms with E-state index in [2.05, 4.69) is 17.1 Å². The minimum Gasteiger partial charge on any atom is -0.324 e. The van der Waals surface area contributed by atoms with Crippen molar-refractivity contribution in [3.05, 3.63) is 64.1 Å². The molecule has 5 heteroatoms. The number of hydrogen-bond acceptors (Lipinski definition) is 2. The SMILES string of the molecule is C[C@@H]1CCCN([C@H](C(=O)Nc2cc(Cl)cc(Cl)c2)c2ccccc2)C1. The van der Waals surface area contributed by atoms with Crippen LogP contribution in [-0.4, -0.2) is 23.9 Å². The number of anilines is 1. The topological polar surface area (TPSA) is 32.3 Å². The summed E-state index contributed by atoms with van der Waals surface area (Å²) in [4.78, 5) is 15.4. The summed E-state index contributed by atoms with van der Waals surface area (Å²) in [6, 6.07) is 14.7. The molecule has 1 aliphatic heterocycles. The van der Waals surface area contributed by atoms with Crippen molar-refractivity contribution in [2.24, 2.45) is 5.92 Å². The van der Waals surface area contributed by atoms with Gasteiger partial charge in [-0.15, -0.1) is 0 Å². The van der Waals surface area contributed by atoms with Crippen LogP contribution in [0.4, 0.5) is 5.69 Å². The zero-order chi connectivity index (χ0) is 17.8. The predicted octanol–water partition coefficient (Wildman–Crippen LogP) is 5.41. The minimum absolute atomic E-state index is 0.0568. The number of hydrogen-bond donors (Lipinski definition) is 1. The number of carbonyl (C=O) groups excluding carboxylic acids is 1. The second-order valence-electron chi connectivity index (χ2n) is 6.70. The number of halogens is 2. The molecule has 3 nitrogen and oxygen atoms in total. The Hall–Kier alpha value is -1.55. The second-order valence-corrected chi connectivity index (χ2v) is 7.58. The highest BCUT2D eigenvalue weighted by Gasteiger charge is 2.30. The van der Waals surface area contributed by atoms with Gasteiger partial charge in [-0.3, -0.25) is 9.69 Å². The molecule has 0 unspecified atom stereocenters. The molecule has 0 aliphatic carbocycles. The van der Waals surface area contributed by atoms with Crippen LogP contribution in [0.1, 0.15) is 31.4 Å². The van der Waals surface area contributed by atoms with E-state index < -0.39 is 0 Å². The molecule has 1 heterocycles. The number of amides is 1. The fourth-order valence-corrected chi connectivity index (χ4v) is 3.99. The third-order valence-corrected chi connectivity index (χ3v) is 4.98. The van der Waals surface area contributed by atoms with Crippen LogP contribution in [-0.2, 0) is 4.79 Å². The van der Waals surface area contributed by atoms with Gasteiger partial charge in [-0.25, -0.2) is 0 Å². The van der Waals surface area contributed by atoms with Gasteiger partial charge >= 0.3 is 0 Å². The molecule has 2 atom stereocenters. The molecule has 0 aromatic heterocycles. The lowest BCUT2D eigenvalue weighted by molar-refractivity contribution is -0.122. The number of benzene rings is 2. The summed E-state index contributed by atoms with van der Waals surface area (Å²) in [5.41, 5.74) is 1.62. The van der Waals surface area contributed by atoms with Crippen molar-refractivity contribution in [3.8, 4) is 0 Å². The Bertz CT molecular complexity index is 715. The average Bonchev–Trinajstić information content (AvgIpc) is 2.55. The van der Waals surface area contributed by atoms with Crippen molar-refractivity contribution in [3.63, 3.8) is 0 Å². The summed E-state index contributed by atoms with van der Waals surface area (Å²) in [5, 5.41) is 4.00. The molecular weight excluding hydrogens is 355 g/mol. The van der Waals surface area contributed by atoms with Crippen LogP contribution in [0.5, 0.6) is 0 Å². The molecular formula is C20H22Cl2N2O. The van der Waals surface area contributed by atoms with Gasteiger partial charge in [-0.1, -0.05) is 60.5 Å². The first-order valence-corrected chi connectivity index (χ1v) is 9.34. The van der Waals surface area contributed by atoms with Crippen LogP contribution < -0.4 is 5.32 Å². The smallest absolute Gasteiger partial charge is 0.246 e. The first kappa shape index (κ1) is 18.2. The normalized spacial score (nSPS) is 19.4. The molecule has 0 saturated carbocycles. The molecule has 2 aromatic rings. The van der Waals surface area contributed by atoms with E-state index in [1.807, 2.05) is 30.3 Å². The first-order chi connectivity index (χ1) is 12.0. The van der Waals surface area contributed by atoms with Crippen LogP contribution in [0.15, 0.2) is 48.5 Å². The monoisotopic (exact) mass is 376 g/mol. The highest BCUT2D eigenvalue weighted by Crippen LogP contribution is 2.29. The first-order valence-electron chi connectivity index (χ1n) is 8.59. The van der Waals surface area contributed by atoms with Crippen LogP contribution in [0, 0.1) is 5.92 Å². The fourth-order valence-electron chi connectivity index (χ4n) is 3.46. The number of likely N-dealkylation sites (tertiary alicyclic amines) is 1. The number of nitrogens with one attached hydrogen (secondary N) is 1. The van der Waals surface area contributed by atoms with Crippen molar-refractivity contribution < 1.29 is 4.79 Å². The molecule has 0 bridgehead atoms. The third kappa shape index (κ3) is 4.75. The Morgan fingerprint density at radius 2 is 1.84 bits per heavy atom. The lowest BCUT2D eigenvalue weighted by Crippen LogP contribution is -2.42.